The minimum atomic E-state index is -0.185. The minimum absolute atomic E-state index is 0. The van der Waals surface area contributed by atoms with Gasteiger partial charge in [-0.05, 0) is 19.4 Å². The van der Waals surface area contributed by atoms with E-state index in [0.29, 0.717) is 12.2 Å². The van der Waals surface area contributed by atoms with Crippen LogP contribution >= 0.6 is 0 Å². The zero-order valence-corrected chi connectivity index (χ0v) is 17.2. The van der Waals surface area contributed by atoms with Gasteiger partial charge in [-0.25, -0.2) is 0 Å². The fourth-order valence-corrected chi connectivity index (χ4v) is 1.33. The first-order valence-corrected chi connectivity index (χ1v) is 5.58. The molecule has 94 valence electrons. The van der Waals surface area contributed by atoms with Crippen LogP contribution < -0.4 is 12.4 Å². The van der Waals surface area contributed by atoms with Gasteiger partial charge < -0.3 is 17.1 Å². The largest absolute Gasteiger partial charge is 1.00 e. The van der Waals surface area contributed by atoms with Crippen molar-refractivity contribution in [2.75, 3.05) is 0 Å². The molecule has 2 nitrogen and oxygen atoms in total. The summed E-state index contributed by atoms with van der Waals surface area (Å²) in [6, 6.07) is 9.55. The fourth-order valence-electron chi connectivity index (χ4n) is 1.33. The van der Waals surface area contributed by atoms with Crippen LogP contribution in [0.15, 0.2) is 30.3 Å². The van der Waals surface area contributed by atoms with Crippen molar-refractivity contribution in [3.63, 3.8) is 0 Å². The molecule has 1 aromatic carbocycles. The van der Waals surface area contributed by atoms with Gasteiger partial charge in [0.25, 0.3) is 0 Å². The maximum absolute atomic E-state index is 11.5. The van der Waals surface area contributed by atoms with Gasteiger partial charge in [0.05, 0.1) is 0 Å². The molecule has 1 rings (SSSR count). The van der Waals surface area contributed by atoms with Gasteiger partial charge in [0, 0.05) is 12.0 Å². The summed E-state index contributed by atoms with van der Waals surface area (Å²) in [6.07, 6.45) is 5.23. The number of esters is 1. The van der Waals surface area contributed by atoms with E-state index in [1.807, 2.05) is 37.3 Å². The Labute approximate surface area is 136 Å². The molecular formula is C14H17ClHgO2. The molecule has 0 fully saturated rings. The van der Waals surface area contributed by atoms with Gasteiger partial charge in [0.2, 0.25) is 0 Å². The van der Waals surface area contributed by atoms with Crippen LogP contribution in [0.2, 0.25) is 0 Å². The molecule has 0 saturated heterocycles. The SMILES string of the molecule is C[C]=C(OC(=O)CCCC)c1ccccc1.[Cl-].[Hg+]. The Morgan fingerprint density at radius 1 is 1.28 bits per heavy atom. The summed E-state index contributed by atoms with van der Waals surface area (Å²) in [5.74, 6) is 0.330. The molecule has 0 N–H and O–H groups in total. The van der Waals surface area contributed by atoms with Crippen molar-refractivity contribution in [1.29, 1.82) is 0 Å². The van der Waals surface area contributed by atoms with Crippen molar-refractivity contribution in [3.05, 3.63) is 42.0 Å². The van der Waals surface area contributed by atoms with Crippen LogP contribution in [-0.4, -0.2) is 5.97 Å². The number of hydrogen-bond acceptors (Lipinski definition) is 2. The topological polar surface area (TPSA) is 26.3 Å². The average molecular weight is 453 g/mol. The molecule has 2 radical (unpaired) electrons. The maximum atomic E-state index is 11.5. The summed E-state index contributed by atoms with van der Waals surface area (Å²) in [7, 11) is 0. The van der Waals surface area contributed by atoms with E-state index in [2.05, 4.69) is 6.08 Å². The summed E-state index contributed by atoms with van der Waals surface area (Å²) in [4.78, 5) is 11.5. The molecule has 0 atom stereocenters. The van der Waals surface area contributed by atoms with Gasteiger partial charge in [-0.3, -0.25) is 4.79 Å². The number of allylic oxidation sites excluding steroid dienone is 1. The van der Waals surface area contributed by atoms with Gasteiger partial charge in [-0.15, -0.1) is 0 Å². The van der Waals surface area contributed by atoms with Gasteiger partial charge in [0.15, 0.2) is 0 Å². The molecule has 0 unspecified atom stereocenters. The van der Waals surface area contributed by atoms with Crippen molar-refractivity contribution >= 4 is 11.7 Å². The Morgan fingerprint density at radius 2 is 1.89 bits per heavy atom. The molecule has 0 heterocycles. The van der Waals surface area contributed by atoms with Crippen LogP contribution in [0.25, 0.3) is 5.76 Å². The third kappa shape index (κ3) is 7.17. The second-order valence-electron chi connectivity index (χ2n) is 3.52. The van der Waals surface area contributed by atoms with Crippen molar-refractivity contribution in [2.45, 2.75) is 33.1 Å². The van der Waals surface area contributed by atoms with E-state index < -0.39 is 0 Å². The molecule has 0 bridgehead atoms. The smallest absolute Gasteiger partial charge is 1.00 e. The molecule has 0 spiro atoms. The van der Waals surface area contributed by atoms with E-state index in [1.165, 1.54) is 0 Å². The Balaban J connectivity index is 0. The van der Waals surface area contributed by atoms with Crippen LogP contribution in [-0.2, 0) is 37.2 Å². The Hall–Kier alpha value is -0.345. The predicted octanol–water partition coefficient (Wildman–Crippen LogP) is 0.585. The Kier molecular flexibility index (Phi) is 13.0. The second-order valence-corrected chi connectivity index (χ2v) is 3.52. The number of hydrogen-bond donors (Lipinski definition) is 0. The molecule has 18 heavy (non-hydrogen) atoms. The zero-order chi connectivity index (χ0) is 11.8. The first-order valence-electron chi connectivity index (χ1n) is 5.58. The number of rotatable bonds is 5. The van der Waals surface area contributed by atoms with Crippen LogP contribution in [0, 0.1) is 6.08 Å². The Morgan fingerprint density at radius 3 is 2.39 bits per heavy atom. The molecule has 4 heteroatoms. The standard InChI is InChI=1S/C14H17O2.ClH.Hg/c1-3-5-11-14(15)16-13(4-2)12-9-7-6-8-10-12;;/h6-10H,3,5,11H2,1-2H3;1H;/q;;+1/p-1. The minimum Gasteiger partial charge on any atom is -1.00 e. The third-order valence-corrected chi connectivity index (χ3v) is 2.21. The summed E-state index contributed by atoms with van der Waals surface area (Å²) in [5, 5.41) is 0. The Bertz CT molecular complexity index is 363. The number of ether oxygens (including phenoxy) is 1. The van der Waals surface area contributed by atoms with E-state index in [-0.39, 0.29) is 46.0 Å². The normalized spacial score (nSPS) is 10.0. The third-order valence-electron chi connectivity index (χ3n) is 2.21. The summed E-state index contributed by atoms with van der Waals surface area (Å²) < 4.78 is 5.25. The first-order chi connectivity index (χ1) is 7.77. The van der Waals surface area contributed by atoms with E-state index in [4.69, 9.17) is 4.74 Å². The fraction of sp³-hybridized carbons (Fsp3) is 0.357. The van der Waals surface area contributed by atoms with Crippen molar-refractivity contribution < 1.29 is 49.6 Å². The maximum Gasteiger partial charge on any atom is 1.00 e. The summed E-state index contributed by atoms with van der Waals surface area (Å²) in [6.45, 7) is 3.79. The van der Waals surface area contributed by atoms with Crippen molar-refractivity contribution in [2.24, 2.45) is 0 Å². The van der Waals surface area contributed by atoms with Gasteiger partial charge in [0.1, 0.15) is 5.76 Å². The molecule has 0 aliphatic carbocycles. The zero-order valence-electron chi connectivity index (χ0n) is 10.9. The molecule has 0 aliphatic heterocycles. The van der Waals surface area contributed by atoms with Gasteiger partial charge >= 0.3 is 33.6 Å². The van der Waals surface area contributed by atoms with Crippen molar-refractivity contribution in [1.82, 2.24) is 0 Å². The second kappa shape index (κ2) is 11.7. The quantitative estimate of drug-likeness (QED) is 0.371. The number of benzene rings is 1. The molecule has 0 aliphatic rings. The number of unbranched alkanes of at least 4 members (excludes halogenated alkanes) is 1. The summed E-state index contributed by atoms with van der Waals surface area (Å²) >= 11 is 0. The predicted molar refractivity (Wildman–Crippen MR) is 64.4 cm³/mol. The van der Waals surface area contributed by atoms with Gasteiger partial charge in [-0.1, -0.05) is 43.7 Å². The number of carbonyl (C=O) groups excluding carboxylic acids is 1. The van der Waals surface area contributed by atoms with Crippen LogP contribution in [0.5, 0.6) is 0 Å². The molecular weight excluding hydrogens is 436 g/mol. The molecule has 0 aromatic heterocycles. The van der Waals surface area contributed by atoms with Crippen molar-refractivity contribution in [3.8, 4) is 0 Å². The van der Waals surface area contributed by atoms with Crippen LogP contribution in [0.3, 0.4) is 0 Å². The summed E-state index contributed by atoms with van der Waals surface area (Å²) in [5.41, 5.74) is 0.884. The number of halogens is 1. The monoisotopic (exact) mass is 454 g/mol. The molecule has 0 amide bonds. The number of carbonyl (C=O) groups is 1. The van der Waals surface area contributed by atoms with E-state index in [0.717, 1.165) is 18.4 Å². The van der Waals surface area contributed by atoms with Gasteiger partial charge in [-0.2, -0.15) is 0 Å². The van der Waals surface area contributed by atoms with Crippen LogP contribution in [0.4, 0.5) is 0 Å². The molecule has 1 aromatic rings. The van der Waals surface area contributed by atoms with E-state index >= 15 is 0 Å². The first kappa shape index (κ1) is 20.0. The van der Waals surface area contributed by atoms with E-state index in [9.17, 15) is 4.79 Å². The molecule has 0 saturated carbocycles. The van der Waals surface area contributed by atoms with Crippen LogP contribution in [0.1, 0.15) is 38.7 Å². The van der Waals surface area contributed by atoms with E-state index in [1.54, 1.807) is 6.92 Å². The average Bonchev–Trinajstić information content (AvgIpc) is 2.34.